The molecule has 18 heavy (non-hydrogen) atoms. The van der Waals surface area contributed by atoms with E-state index < -0.39 is 0 Å². The summed E-state index contributed by atoms with van der Waals surface area (Å²) in [5.74, 6) is 0.221. The predicted octanol–water partition coefficient (Wildman–Crippen LogP) is 1.17. The number of benzene rings is 1. The van der Waals surface area contributed by atoms with Crippen molar-refractivity contribution in [2.45, 2.75) is 25.9 Å². The summed E-state index contributed by atoms with van der Waals surface area (Å²) < 4.78 is 5.11. The highest BCUT2D eigenvalue weighted by Gasteiger charge is 2.12. The molecule has 4 N–H and O–H groups in total. The Morgan fingerprint density at radius 2 is 2.28 bits per heavy atom. The van der Waals surface area contributed by atoms with Gasteiger partial charge in [0.2, 0.25) is 0 Å². The number of nitrogens with two attached hydrogens (primary N) is 1. The third-order valence-corrected chi connectivity index (χ3v) is 2.70. The van der Waals surface area contributed by atoms with Crippen molar-refractivity contribution in [1.29, 1.82) is 0 Å². The van der Waals surface area contributed by atoms with Crippen LogP contribution in [0.1, 0.15) is 30.1 Å². The summed E-state index contributed by atoms with van der Waals surface area (Å²) in [6, 6.07) is 4.88. The second-order valence-electron chi connectivity index (χ2n) is 4.07. The summed E-state index contributed by atoms with van der Waals surface area (Å²) in [6.45, 7) is 2.33. The molecule has 1 rings (SSSR count). The average molecular weight is 252 g/mol. The number of rotatable bonds is 6. The Bertz CT molecular complexity index is 407. The van der Waals surface area contributed by atoms with Gasteiger partial charge in [0.1, 0.15) is 5.75 Å². The molecule has 5 heteroatoms. The number of nitrogen functional groups attached to an aromatic ring is 1. The molecule has 0 heterocycles. The topological polar surface area (TPSA) is 84.6 Å². The minimum atomic E-state index is -0.376. The van der Waals surface area contributed by atoms with Crippen molar-refractivity contribution in [3.05, 3.63) is 23.8 Å². The summed E-state index contributed by atoms with van der Waals surface area (Å²) in [4.78, 5) is 11.9. The van der Waals surface area contributed by atoms with Crippen LogP contribution in [-0.2, 0) is 0 Å². The summed E-state index contributed by atoms with van der Waals surface area (Å²) in [7, 11) is 1.49. The van der Waals surface area contributed by atoms with E-state index in [-0.39, 0.29) is 12.0 Å². The number of aliphatic hydroxyl groups excluding tert-OH is 1. The number of carbonyl (C=O) groups excluding carboxylic acids is 1. The maximum absolute atomic E-state index is 11.9. The molecule has 5 nitrogen and oxygen atoms in total. The molecule has 0 saturated heterocycles. The standard InChI is InChI=1S/C13H20N2O3/c1-3-10(16)6-7-15-13(17)11-5-4-9(14)8-12(11)18-2/h4-5,8,10,16H,3,6-7,14H2,1-2H3,(H,15,17). The number of carbonyl (C=O) groups is 1. The van der Waals surface area contributed by atoms with Gasteiger partial charge in [0.15, 0.2) is 0 Å². The van der Waals surface area contributed by atoms with Crippen LogP contribution in [0.3, 0.4) is 0 Å². The van der Waals surface area contributed by atoms with E-state index in [0.717, 1.165) is 0 Å². The first kappa shape index (κ1) is 14.3. The summed E-state index contributed by atoms with van der Waals surface area (Å²) in [5, 5.41) is 12.1. The third kappa shape index (κ3) is 3.92. The smallest absolute Gasteiger partial charge is 0.255 e. The highest BCUT2D eigenvalue weighted by atomic mass is 16.5. The second-order valence-corrected chi connectivity index (χ2v) is 4.07. The first-order chi connectivity index (χ1) is 8.58. The van der Waals surface area contributed by atoms with Crippen LogP contribution in [0.25, 0.3) is 0 Å². The summed E-state index contributed by atoms with van der Waals surface area (Å²) in [5.41, 5.74) is 6.60. The number of hydrogen-bond donors (Lipinski definition) is 3. The number of aliphatic hydroxyl groups is 1. The first-order valence-corrected chi connectivity index (χ1v) is 5.98. The van der Waals surface area contributed by atoms with E-state index in [1.165, 1.54) is 7.11 Å². The molecule has 0 aliphatic carbocycles. The van der Waals surface area contributed by atoms with Gasteiger partial charge in [0.05, 0.1) is 18.8 Å². The van der Waals surface area contributed by atoms with Crippen LogP contribution >= 0.6 is 0 Å². The van der Waals surface area contributed by atoms with Gasteiger partial charge in [-0.3, -0.25) is 4.79 Å². The van der Waals surface area contributed by atoms with Crippen molar-refractivity contribution in [2.24, 2.45) is 0 Å². The molecule has 1 amide bonds. The van der Waals surface area contributed by atoms with Gasteiger partial charge in [-0.05, 0) is 25.0 Å². The molecule has 100 valence electrons. The zero-order chi connectivity index (χ0) is 13.5. The molecule has 0 spiro atoms. The number of ether oxygens (including phenoxy) is 1. The Balaban J connectivity index is 2.61. The van der Waals surface area contributed by atoms with Gasteiger partial charge in [0.25, 0.3) is 5.91 Å². The van der Waals surface area contributed by atoms with Gasteiger partial charge in [-0.25, -0.2) is 0 Å². The van der Waals surface area contributed by atoms with Crippen LogP contribution in [0.5, 0.6) is 5.75 Å². The quantitative estimate of drug-likeness (QED) is 0.663. The molecular formula is C13H20N2O3. The average Bonchev–Trinajstić information content (AvgIpc) is 2.37. The lowest BCUT2D eigenvalue weighted by Gasteiger charge is -2.11. The van der Waals surface area contributed by atoms with E-state index >= 15 is 0 Å². The van der Waals surface area contributed by atoms with Gasteiger partial charge in [-0.1, -0.05) is 6.92 Å². The van der Waals surface area contributed by atoms with Gasteiger partial charge < -0.3 is 20.9 Å². The van der Waals surface area contributed by atoms with E-state index in [1.807, 2.05) is 6.92 Å². The zero-order valence-electron chi connectivity index (χ0n) is 10.8. The lowest BCUT2D eigenvalue weighted by atomic mass is 10.1. The lowest BCUT2D eigenvalue weighted by Crippen LogP contribution is -2.27. The van der Waals surface area contributed by atoms with Gasteiger partial charge in [-0.2, -0.15) is 0 Å². The van der Waals surface area contributed by atoms with Crippen LogP contribution in [0, 0.1) is 0 Å². The van der Waals surface area contributed by atoms with Crippen LogP contribution < -0.4 is 15.8 Å². The molecule has 1 aromatic rings. The Kier molecular flexibility index (Phi) is 5.45. The van der Waals surface area contributed by atoms with Gasteiger partial charge in [-0.15, -0.1) is 0 Å². The van der Waals surface area contributed by atoms with Crippen LogP contribution in [0.4, 0.5) is 5.69 Å². The molecule has 0 saturated carbocycles. The number of methoxy groups -OCH3 is 1. The van der Waals surface area contributed by atoms with E-state index in [4.69, 9.17) is 10.5 Å². The molecule has 1 aromatic carbocycles. The number of hydrogen-bond acceptors (Lipinski definition) is 4. The van der Waals surface area contributed by atoms with Crippen molar-refractivity contribution in [3.8, 4) is 5.75 Å². The summed E-state index contributed by atoms with van der Waals surface area (Å²) >= 11 is 0. The largest absolute Gasteiger partial charge is 0.496 e. The van der Waals surface area contributed by atoms with Crippen molar-refractivity contribution in [1.82, 2.24) is 5.32 Å². The molecule has 0 aliphatic heterocycles. The minimum absolute atomic E-state index is 0.227. The first-order valence-electron chi connectivity index (χ1n) is 5.98. The molecule has 1 atom stereocenters. The van der Waals surface area contributed by atoms with Crippen molar-refractivity contribution in [2.75, 3.05) is 19.4 Å². The Morgan fingerprint density at radius 1 is 1.56 bits per heavy atom. The van der Waals surface area contributed by atoms with Crippen LogP contribution in [0.2, 0.25) is 0 Å². The monoisotopic (exact) mass is 252 g/mol. The number of anilines is 1. The molecule has 1 unspecified atom stereocenters. The van der Waals surface area contributed by atoms with Gasteiger partial charge in [0, 0.05) is 18.3 Å². The predicted molar refractivity (Wildman–Crippen MR) is 70.7 cm³/mol. The zero-order valence-corrected chi connectivity index (χ0v) is 10.8. The van der Waals surface area contributed by atoms with Crippen LogP contribution in [0.15, 0.2) is 18.2 Å². The number of amides is 1. The fourth-order valence-electron chi connectivity index (χ4n) is 1.55. The van der Waals surface area contributed by atoms with Crippen molar-refractivity contribution < 1.29 is 14.6 Å². The summed E-state index contributed by atoms with van der Waals surface area (Å²) in [6.07, 6.45) is 0.847. The Labute approximate surface area is 107 Å². The second kappa shape index (κ2) is 6.86. The fraction of sp³-hybridized carbons (Fsp3) is 0.462. The normalized spacial score (nSPS) is 11.9. The van der Waals surface area contributed by atoms with Crippen molar-refractivity contribution in [3.63, 3.8) is 0 Å². The van der Waals surface area contributed by atoms with Crippen LogP contribution in [-0.4, -0.2) is 30.8 Å². The van der Waals surface area contributed by atoms with E-state index in [1.54, 1.807) is 18.2 Å². The Morgan fingerprint density at radius 3 is 2.89 bits per heavy atom. The maximum atomic E-state index is 11.9. The maximum Gasteiger partial charge on any atom is 0.255 e. The fourth-order valence-corrected chi connectivity index (χ4v) is 1.55. The van der Waals surface area contributed by atoms with Crippen molar-refractivity contribution >= 4 is 11.6 Å². The molecule has 0 aliphatic rings. The lowest BCUT2D eigenvalue weighted by molar-refractivity contribution is 0.0939. The molecule has 0 aromatic heterocycles. The van der Waals surface area contributed by atoms with E-state index in [9.17, 15) is 9.90 Å². The molecule has 0 radical (unpaired) electrons. The number of nitrogens with one attached hydrogen (secondary N) is 1. The highest BCUT2D eigenvalue weighted by Crippen LogP contribution is 2.21. The third-order valence-electron chi connectivity index (χ3n) is 2.70. The SMILES string of the molecule is CCC(O)CCNC(=O)c1ccc(N)cc1OC. The minimum Gasteiger partial charge on any atom is -0.496 e. The van der Waals surface area contributed by atoms with E-state index in [0.29, 0.717) is 36.4 Å². The molecule has 0 fully saturated rings. The highest BCUT2D eigenvalue weighted by molar-refractivity contribution is 5.97. The molecule has 0 bridgehead atoms. The molecular weight excluding hydrogens is 232 g/mol. The van der Waals surface area contributed by atoms with E-state index in [2.05, 4.69) is 5.32 Å². The van der Waals surface area contributed by atoms with Gasteiger partial charge >= 0.3 is 0 Å². The Hall–Kier alpha value is -1.75.